The van der Waals surface area contributed by atoms with Gasteiger partial charge in [-0.15, -0.1) is 0 Å². The third kappa shape index (κ3) is 3.13. The molecule has 2 unspecified atom stereocenters. The maximum atomic E-state index is 12.6. The number of esters is 1. The fourth-order valence-electron chi connectivity index (χ4n) is 6.11. The van der Waals surface area contributed by atoms with Gasteiger partial charge in [0.15, 0.2) is 17.6 Å². The lowest BCUT2D eigenvalue weighted by Gasteiger charge is -2.61. The molecule has 1 aromatic rings. The highest BCUT2D eigenvalue weighted by Crippen LogP contribution is 2.65. The van der Waals surface area contributed by atoms with E-state index >= 15 is 0 Å². The summed E-state index contributed by atoms with van der Waals surface area (Å²) in [5.74, 6) is -1.86. The molecule has 1 amide bonds. The molecule has 5 rings (SSSR count). The van der Waals surface area contributed by atoms with Crippen LogP contribution in [0.4, 0.5) is 0 Å². The van der Waals surface area contributed by atoms with E-state index in [4.69, 9.17) is 14.6 Å². The molecule has 0 saturated carbocycles. The Morgan fingerprint density at radius 2 is 2.12 bits per heavy atom. The van der Waals surface area contributed by atoms with Crippen LogP contribution in [0.5, 0.6) is 11.5 Å². The molecule has 10 heteroatoms. The van der Waals surface area contributed by atoms with Gasteiger partial charge in [0, 0.05) is 36.7 Å². The minimum Gasteiger partial charge on any atom is -0.504 e. The van der Waals surface area contributed by atoms with Gasteiger partial charge in [-0.3, -0.25) is 9.59 Å². The number of phenols is 1. The van der Waals surface area contributed by atoms with Crippen LogP contribution >= 0.6 is 0 Å². The van der Waals surface area contributed by atoms with Gasteiger partial charge in [0.05, 0.1) is 17.4 Å². The van der Waals surface area contributed by atoms with E-state index in [1.54, 1.807) is 12.1 Å². The quantitative estimate of drug-likeness (QED) is 0.342. The Kier molecular flexibility index (Phi) is 5.18. The Morgan fingerprint density at radius 3 is 2.88 bits per heavy atom. The van der Waals surface area contributed by atoms with Gasteiger partial charge in [0.2, 0.25) is 5.91 Å². The normalized spacial score (nSPS) is 30.8. The first-order chi connectivity index (χ1) is 16.2. The van der Waals surface area contributed by atoms with Gasteiger partial charge < -0.3 is 35.0 Å². The van der Waals surface area contributed by atoms with Gasteiger partial charge in [-0.05, 0) is 44.1 Å². The summed E-state index contributed by atoms with van der Waals surface area (Å²) in [5.41, 5.74) is -0.159. The summed E-state index contributed by atoms with van der Waals surface area (Å²) in [7, 11) is 1.99. The Bertz CT molecular complexity index is 1140. The van der Waals surface area contributed by atoms with Crippen molar-refractivity contribution in [3.05, 3.63) is 47.2 Å². The number of likely N-dealkylation sites (tertiary alicyclic amines) is 1. The molecule has 2 bridgehead atoms. The van der Waals surface area contributed by atoms with E-state index in [1.807, 2.05) is 13.1 Å². The van der Waals surface area contributed by atoms with Crippen molar-refractivity contribution in [2.24, 2.45) is 0 Å². The summed E-state index contributed by atoms with van der Waals surface area (Å²) in [6.07, 6.45) is 3.84. The van der Waals surface area contributed by atoms with Crippen molar-refractivity contribution >= 4 is 17.8 Å². The number of amides is 1. The van der Waals surface area contributed by atoms with Crippen molar-refractivity contribution in [3.63, 3.8) is 0 Å². The number of likely N-dealkylation sites (N-methyl/N-ethyl adjacent to an activating group) is 1. The number of phenolic OH excluding ortho intramolecular Hbond substituents is 1. The molecule has 4 aliphatic rings. The fraction of sp³-hybridized carbons (Fsp3) is 0.458. The zero-order valence-corrected chi connectivity index (χ0v) is 18.6. The minimum absolute atomic E-state index is 0.00921. The molecule has 0 aromatic heterocycles. The number of aliphatic carboxylic acids is 1. The van der Waals surface area contributed by atoms with E-state index in [2.05, 4.69) is 10.2 Å². The summed E-state index contributed by atoms with van der Waals surface area (Å²) >= 11 is 0. The molecule has 2 aliphatic heterocycles. The molecule has 10 nitrogen and oxygen atoms in total. The first-order valence-corrected chi connectivity index (χ1v) is 11.2. The van der Waals surface area contributed by atoms with Crippen LogP contribution in [-0.4, -0.2) is 75.9 Å². The van der Waals surface area contributed by atoms with Crippen molar-refractivity contribution in [2.45, 2.75) is 48.8 Å². The van der Waals surface area contributed by atoms with Crippen LogP contribution in [0.15, 0.2) is 36.1 Å². The van der Waals surface area contributed by atoms with Gasteiger partial charge in [0.1, 0.15) is 5.76 Å². The van der Waals surface area contributed by atoms with E-state index in [0.29, 0.717) is 30.4 Å². The number of nitrogens with one attached hydrogen (secondary N) is 1. The highest BCUT2D eigenvalue weighted by atomic mass is 16.6. The second kappa shape index (κ2) is 7.85. The number of hydrogen-bond donors (Lipinski definition) is 4. The molecular formula is C24H26N2O8. The summed E-state index contributed by atoms with van der Waals surface area (Å²) in [6, 6.07) is 3.33. The van der Waals surface area contributed by atoms with Gasteiger partial charge in [0.25, 0.3) is 0 Å². The molecule has 2 aliphatic carbocycles. The third-order valence-corrected chi connectivity index (χ3v) is 7.59. The number of aliphatic hydroxyl groups is 1. The lowest BCUT2D eigenvalue weighted by Crippen LogP contribution is -2.74. The summed E-state index contributed by atoms with van der Waals surface area (Å²) in [6.45, 7) is 0.687. The number of carboxylic acids is 1. The SMILES string of the molecule is CN1CCC23c4c5ccc(O)c4OC2C(OC(=O)CCNC(=O)/C=C/C(=O)O)=CC[C@@]3(O)[C@H]1C5. The van der Waals surface area contributed by atoms with Crippen LogP contribution in [0.2, 0.25) is 0 Å². The molecular weight excluding hydrogens is 444 g/mol. The van der Waals surface area contributed by atoms with Crippen molar-refractivity contribution in [1.82, 2.24) is 10.2 Å². The standard InChI is InChI=1S/C24H26N2O8/c1-26-11-9-23-20-13-2-3-14(27)21(20)34-22(23)15(6-8-24(23,32)16(26)12-13)33-19(31)7-10-25-17(28)4-5-18(29)30/h2-6,16,22,27,32H,7-12H2,1H3,(H,25,28)(H,29,30)/b5-4+/t16-,22?,23?,24-/m1/s1. The number of piperidine rings is 1. The van der Waals surface area contributed by atoms with Gasteiger partial charge in [-0.25, -0.2) is 4.79 Å². The van der Waals surface area contributed by atoms with Crippen LogP contribution in [0, 0.1) is 0 Å². The second-order valence-corrected chi connectivity index (χ2v) is 9.29. The smallest absolute Gasteiger partial charge is 0.328 e. The summed E-state index contributed by atoms with van der Waals surface area (Å²) < 4.78 is 11.9. The van der Waals surface area contributed by atoms with E-state index in [9.17, 15) is 24.6 Å². The number of carbonyl (C=O) groups is 3. The molecule has 180 valence electrons. The maximum absolute atomic E-state index is 12.6. The van der Waals surface area contributed by atoms with Crippen molar-refractivity contribution < 1.29 is 39.2 Å². The first kappa shape index (κ1) is 22.4. The molecule has 1 saturated heterocycles. The lowest BCUT2D eigenvalue weighted by molar-refractivity contribution is -0.169. The summed E-state index contributed by atoms with van der Waals surface area (Å²) in [5, 5.41) is 33.5. The second-order valence-electron chi connectivity index (χ2n) is 9.29. The predicted octanol–water partition coefficient (Wildman–Crippen LogP) is 0.360. The molecule has 1 spiro atoms. The Hall–Kier alpha value is -3.37. The highest BCUT2D eigenvalue weighted by Gasteiger charge is 2.72. The van der Waals surface area contributed by atoms with Crippen LogP contribution in [0.3, 0.4) is 0 Å². The lowest BCUT2D eigenvalue weighted by atomic mass is 9.50. The number of aromatic hydroxyl groups is 1. The van der Waals surface area contributed by atoms with Gasteiger partial charge in [-0.2, -0.15) is 0 Å². The average Bonchev–Trinajstić information content (AvgIpc) is 3.14. The van der Waals surface area contributed by atoms with Crippen molar-refractivity contribution in [3.8, 4) is 11.5 Å². The number of carboxylic acid groups (broad SMARTS) is 1. The fourth-order valence-corrected chi connectivity index (χ4v) is 6.11. The number of carbonyl (C=O) groups excluding carboxylic acids is 2. The van der Waals surface area contributed by atoms with E-state index < -0.39 is 35.0 Å². The topological polar surface area (TPSA) is 146 Å². The molecule has 1 aromatic carbocycles. The van der Waals surface area contributed by atoms with E-state index in [1.165, 1.54) is 0 Å². The monoisotopic (exact) mass is 470 g/mol. The minimum atomic E-state index is -1.25. The van der Waals surface area contributed by atoms with E-state index in [-0.39, 0.29) is 31.2 Å². The van der Waals surface area contributed by atoms with Crippen LogP contribution in [0.25, 0.3) is 0 Å². The number of hydrogen-bond acceptors (Lipinski definition) is 8. The first-order valence-electron chi connectivity index (χ1n) is 11.2. The Labute approximate surface area is 195 Å². The largest absolute Gasteiger partial charge is 0.504 e. The zero-order chi connectivity index (χ0) is 24.3. The third-order valence-electron chi connectivity index (χ3n) is 7.59. The predicted molar refractivity (Wildman–Crippen MR) is 117 cm³/mol. The van der Waals surface area contributed by atoms with Crippen LogP contribution in [0.1, 0.15) is 30.4 Å². The maximum Gasteiger partial charge on any atom is 0.328 e. The molecule has 4 N–H and O–H groups in total. The molecule has 4 atom stereocenters. The molecule has 0 radical (unpaired) electrons. The number of ether oxygens (including phenoxy) is 2. The van der Waals surface area contributed by atoms with E-state index in [0.717, 1.165) is 23.7 Å². The van der Waals surface area contributed by atoms with Crippen molar-refractivity contribution in [2.75, 3.05) is 20.1 Å². The van der Waals surface area contributed by atoms with Gasteiger partial charge in [-0.1, -0.05) is 6.07 Å². The summed E-state index contributed by atoms with van der Waals surface area (Å²) in [4.78, 5) is 36.8. The van der Waals surface area contributed by atoms with Crippen LogP contribution in [-0.2, 0) is 31.0 Å². The average molecular weight is 470 g/mol. The van der Waals surface area contributed by atoms with Crippen molar-refractivity contribution in [1.29, 1.82) is 0 Å². The van der Waals surface area contributed by atoms with Gasteiger partial charge >= 0.3 is 11.9 Å². The Morgan fingerprint density at radius 1 is 1.32 bits per heavy atom. The Balaban J connectivity index is 1.38. The molecule has 2 heterocycles. The highest BCUT2D eigenvalue weighted by molar-refractivity contribution is 5.94. The molecule has 1 fully saturated rings. The van der Waals surface area contributed by atoms with Crippen LogP contribution < -0.4 is 10.1 Å². The number of rotatable bonds is 6. The molecule has 34 heavy (non-hydrogen) atoms. The number of nitrogens with zero attached hydrogens (tertiary/aromatic N) is 1. The zero-order valence-electron chi connectivity index (χ0n) is 18.6. The number of benzene rings is 1.